The van der Waals surface area contributed by atoms with Gasteiger partial charge >= 0.3 is 0 Å². The lowest BCUT2D eigenvalue weighted by molar-refractivity contribution is 0.0946. The molecule has 0 atom stereocenters. The first-order chi connectivity index (χ1) is 10.8. The topological polar surface area (TPSA) is 54.5 Å². The Labute approximate surface area is 129 Å². The lowest BCUT2D eigenvalue weighted by Gasteiger charge is -2.27. The second-order valence-electron chi connectivity index (χ2n) is 5.15. The average molecular weight is 297 g/mol. The fourth-order valence-electron chi connectivity index (χ4n) is 2.39. The number of pyridine rings is 1. The van der Waals surface area contributed by atoms with Crippen LogP contribution in [0.4, 0.5) is 5.82 Å². The number of nitrogens with one attached hydrogen (secondary N) is 1. The van der Waals surface area contributed by atoms with E-state index >= 15 is 0 Å². The Morgan fingerprint density at radius 2 is 1.86 bits per heavy atom. The number of aromatic nitrogens is 1. The molecule has 5 heteroatoms. The molecule has 1 aromatic carbocycles. The molecule has 1 saturated heterocycles. The average Bonchev–Trinajstić information content (AvgIpc) is 2.61. The third kappa shape index (κ3) is 3.62. The van der Waals surface area contributed by atoms with Gasteiger partial charge in [-0.25, -0.2) is 4.98 Å². The third-order valence-corrected chi connectivity index (χ3v) is 3.60. The molecule has 1 aromatic heterocycles. The van der Waals surface area contributed by atoms with E-state index in [0.29, 0.717) is 25.5 Å². The summed E-state index contributed by atoms with van der Waals surface area (Å²) in [6, 6.07) is 15.4. The number of hydrogen-bond donors (Lipinski definition) is 1. The smallest absolute Gasteiger partial charge is 0.270 e. The van der Waals surface area contributed by atoms with Crippen molar-refractivity contribution in [3.05, 3.63) is 59.8 Å². The summed E-state index contributed by atoms with van der Waals surface area (Å²) in [5.41, 5.74) is 1.51. The van der Waals surface area contributed by atoms with E-state index in [1.807, 2.05) is 42.5 Å². The highest BCUT2D eigenvalue weighted by Gasteiger charge is 2.14. The predicted molar refractivity (Wildman–Crippen MR) is 84.9 cm³/mol. The van der Waals surface area contributed by atoms with Crippen molar-refractivity contribution < 1.29 is 9.53 Å². The standard InChI is InChI=1S/C17H19N3O2/c21-17(18-13-14-5-2-1-3-6-14)15-7-4-8-16(19-15)20-9-11-22-12-10-20/h1-8H,9-13H2,(H,18,21). The van der Waals surface area contributed by atoms with Crippen molar-refractivity contribution >= 4 is 11.7 Å². The minimum atomic E-state index is -0.154. The van der Waals surface area contributed by atoms with Crippen LogP contribution in [0.15, 0.2) is 48.5 Å². The molecule has 0 bridgehead atoms. The van der Waals surface area contributed by atoms with Gasteiger partial charge in [0.15, 0.2) is 0 Å². The summed E-state index contributed by atoms with van der Waals surface area (Å²) in [6.45, 7) is 3.52. The summed E-state index contributed by atoms with van der Waals surface area (Å²) in [7, 11) is 0. The van der Waals surface area contributed by atoms with Gasteiger partial charge in [0.25, 0.3) is 5.91 Å². The van der Waals surface area contributed by atoms with Gasteiger partial charge in [-0.05, 0) is 17.7 Å². The number of nitrogens with zero attached hydrogens (tertiary/aromatic N) is 2. The van der Waals surface area contributed by atoms with E-state index in [-0.39, 0.29) is 5.91 Å². The molecule has 5 nitrogen and oxygen atoms in total. The van der Waals surface area contributed by atoms with E-state index < -0.39 is 0 Å². The predicted octanol–water partition coefficient (Wildman–Crippen LogP) is 1.85. The summed E-state index contributed by atoms with van der Waals surface area (Å²) in [5, 5.41) is 2.90. The van der Waals surface area contributed by atoms with Gasteiger partial charge < -0.3 is 15.0 Å². The van der Waals surface area contributed by atoms with Crippen molar-refractivity contribution in [3.8, 4) is 0 Å². The summed E-state index contributed by atoms with van der Waals surface area (Å²) in [5.74, 6) is 0.676. The molecule has 0 unspecified atom stereocenters. The number of hydrogen-bond acceptors (Lipinski definition) is 4. The van der Waals surface area contributed by atoms with E-state index in [1.165, 1.54) is 0 Å². The molecule has 0 aliphatic carbocycles. The monoisotopic (exact) mass is 297 g/mol. The summed E-state index contributed by atoms with van der Waals surface area (Å²) < 4.78 is 5.34. The largest absolute Gasteiger partial charge is 0.378 e. The maximum absolute atomic E-state index is 12.2. The first kappa shape index (κ1) is 14.5. The Morgan fingerprint density at radius 3 is 2.64 bits per heavy atom. The fraction of sp³-hybridized carbons (Fsp3) is 0.294. The number of carbonyl (C=O) groups is 1. The number of benzene rings is 1. The molecule has 3 rings (SSSR count). The zero-order chi connectivity index (χ0) is 15.2. The molecular formula is C17H19N3O2. The molecule has 22 heavy (non-hydrogen) atoms. The summed E-state index contributed by atoms with van der Waals surface area (Å²) in [4.78, 5) is 18.8. The summed E-state index contributed by atoms with van der Waals surface area (Å²) in [6.07, 6.45) is 0. The van der Waals surface area contributed by atoms with Gasteiger partial charge in [0.1, 0.15) is 11.5 Å². The molecule has 2 heterocycles. The normalized spacial score (nSPS) is 14.6. The molecule has 114 valence electrons. The van der Waals surface area contributed by atoms with Crippen LogP contribution in [-0.4, -0.2) is 37.2 Å². The molecule has 1 fully saturated rings. The molecule has 0 spiro atoms. The maximum atomic E-state index is 12.2. The van der Waals surface area contributed by atoms with Crippen LogP contribution in [0.2, 0.25) is 0 Å². The van der Waals surface area contributed by atoms with E-state index in [9.17, 15) is 4.79 Å². The lowest BCUT2D eigenvalue weighted by Crippen LogP contribution is -2.37. The van der Waals surface area contributed by atoms with Gasteiger partial charge in [0.05, 0.1) is 13.2 Å². The van der Waals surface area contributed by atoms with Crippen molar-refractivity contribution in [3.63, 3.8) is 0 Å². The fourth-order valence-corrected chi connectivity index (χ4v) is 2.39. The SMILES string of the molecule is O=C(NCc1ccccc1)c1cccc(N2CCOCC2)n1. The molecule has 1 aliphatic heterocycles. The van der Waals surface area contributed by atoms with E-state index in [4.69, 9.17) is 4.74 Å². The van der Waals surface area contributed by atoms with Crippen molar-refractivity contribution in [1.29, 1.82) is 0 Å². The minimum Gasteiger partial charge on any atom is -0.378 e. The van der Waals surface area contributed by atoms with E-state index in [2.05, 4.69) is 15.2 Å². The zero-order valence-electron chi connectivity index (χ0n) is 12.4. The van der Waals surface area contributed by atoms with Crippen LogP contribution in [0, 0.1) is 0 Å². The highest BCUT2D eigenvalue weighted by molar-refractivity contribution is 5.92. The lowest BCUT2D eigenvalue weighted by atomic mass is 10.2. The van der Waals surface area contributed by atoms with Crippen LogP contribution in [-0.2, 0) is 11.3 Å². The van der Waals surface area contributed by atoms with Crippen LogP contribution in [0.1, 0.15) is 16.1 Å². The first-order valence-corrected chi connectivity index (χ1v) is 7.45. The van der Waals surface area contributed by atoms with Crippen molar-refractivity contribution in [2.75, 3.05) is 31.2 Å². The maximum Gasteiger partial charge on any atom is 0.270 e. The van der Waals surface area contributed by atoms with Crippen LogP contribution in [0.5, 0.6) is 0 Å². The molecule has 1 aliphatic rings. The Hall–Kier alpha value is -2.40. The molecule has 1 amide bonds. The van der Waals surface area contributed by atoms with Gasteiger partial charge in [-0.1, -0.05) is 36.4 Å². The van der Waals surface area contributed by atoms with Gasteiger partial charge in [0.2, 0.25) is 0 Å². The number of anilines is 1. The Balaban J connectivity index is 1.64. The number of morpholine rings is 1. The van der Waals surface area contributed by atoms with E-state index in [1.54, 1.807) is 6.07 Å². The number of carbonyl (C=O) groups excluding carboxylic acids is 1. The minimum absolute atomic E-state index is 0.154. The van der Waals surface area contributed by atoms with E-state index in [0.717, 1.165) is 24.5 Å². The van der Waals surface area contributed by atoms with Crippen LogP contribution >= 0.6 is 0 Å². The Kier molecular flexibility index (Phi) is 4.65. The Morgan fingerprint density at radius 1 is 1.09 bits per heavy atom. The molecule has 1 N–H and O–H groups in total. The number of rotatable bonds is 4. The highest BCUT2D eigenvalue weighted by Crippen LogP contribution is 2.13. The summed E-state index contributed by atoms with van der Waals surface area (Å²) >= 11 is 0. The quantitative estimate of drug-likeness (QED) is 0.936. The zero-order valence-corrected chi connectivity index (χ0v) is 12.4. The van der Waals surface area contributed by atoms with Gasteiger partial charge in [-0.15, -0.1) is 0 Å². The van der Waals surface area contributed by atoms with Crippen LogP contribution in [0.25, 0.3) is 0 Å². The van der Waals surface area contributed by atoms with Gasteiger partial charge in [-0.2, -0.15) is 0 Å². The highest BCUT2D eigenvalue weighted by atomic mass is 16.5. The van der Waals surface area contributed by atoms with Gasteiger partial charge in [-0.3, -0.25) is 4.79 Å². The third-order valence-electron chi connectivity index (χ3n) is 3.60. The van der Waals surface area contributed by atoms with Crippen molar-refractivity contribution in [2.45, 2.75) is 6.54 Å². The van der Waals surface area contributed by atoms with Crippen LogP contribution in [0.3, 0.4) is 0 Å². The molecular weight excluding hydrogens is 278 g/mol. The molecule has 2 aromatic rings. The molecule has 0 radical (unpaired) electrons. The van der Waals surface area contributed by atoms with Crippen LogP contribution < -0.4 is 10.2 Å². The van der Waals surface area contributed by atoms with Crippen molar-refractivity contribution in [2.24, 2.45) is 0 Å². The van der Waals surface area contributed by atoms with Gasteiger partial charge in [0, 0.05) is 19.6 Å². The Bertz CT molecular complexity index is 625. The second-order valence-corrected chi connectivity index (χ2v) is 5.15. The second kappa shape index (κ2) is 7.04. The first-order valence-electron chi connectivity index (χ1n) is 7.45. The van der Waals surface area contributed by atoms with Crippen molar-refractivity contribution in [1.82, 2.24) is 10.3 Å². The number of ether oxygens (including phenoxy) is 1. The number of amides is 1. The molecule has 0 saturated carbocycles.